The molecule has 0 unspecified atom stereocenters. The van der Waals surface area contributed by atoms with E-state index in [0.29, 0.717) is 20.7 Å². The lowest BCUT2D eigenvalue weighted by Crippen LogP contribution is -2.14. The minimum absolute atomic E-state index is 0.253. The summed E-state index contributed by atoms with van der Waals surface area (Å²) >= 11 is 9.67. The van der Waals surface area contributed by atoms with Crippen molar-refractivity contribution in [2.45, 2.75) is 11.0 Å². The van der Waals surface area contributed by atoms with Gasteiger partial charge in [0.25, 0.3) is 0 Å². The molecule has 1 fully saturated rings. The summed E-state index contributed by atoms with van der Waals surface area (Å²) in [6.45, 7) is -0.281. The molecule has 0 bridgehead atoms. The van der Waals surface area contributed by atoms with Crippen LogP contribution < -0.4 is 0 Å². The van der Waals surface area contributed by atoms with Crippen molar-refractivity contribution in [2.24, 2.45) is 0 Å². The van der Waals surface area contributed by atoms with Crippen LogP contribution in [0.2, 0.25) is 5.02 Å². The van der Waals surface area contributed by atoms with Gasteiger partial charge in [-0.1, -0.05) is 23.7 Å². The number of ketones is 1. The Morgan fingerprint density at radius 1 is 0.960 bits per heavy atom. The molecule has 0 saturated carbocycles. The lowest BCUT2D eigenvalue weighted by Gasteiger charge is -2.21. The van der Waals surface area contributed by atoms with Gasteiger partial charge in [0.2, 0.25) is 0 Å². The van der Waals surface area contributed by atoms with E-state index in [2.05, 4.69) is 0 Å². The van der Waals surface area contributed by atoms with E-state index in [1.807, 2.05) is 35.7 Å². The van der Waals surface area contributed by atoms with Gasteiger partial charge in [0.1, 0.15) is 0 Å². The number of carbonyl (C=O) groups excluding carboxylic acids is 2. The average Bonchev–Trinajstić information content (AvgIpc) is 2.67. The third-order valence-electron chi connectivity index (χ3n) is 3.75. The summed E-state index contributed by atoms with van der Waals surface area (Å²) in [5, 5.41) is 0.558. The largest absolute Gasteiger partial charge is 0.454 e. The number of Topliss-reactive ketones (excluding diaryl/α,β-unsaturated/α-hetero) is 1. The van der Waals surface area contributed by atoms with Crippen LogP contribution in [0.5, 0.6) is 0 Å². The topological polar surface area (TPSA) is 43.4 Å². The molecule has 1 aliphatic heterocycles. The molecule has 25 heavy (non-hydrogen) atoms. The van der Waals surface area contributed by atoms with Gasteiger partial charge >= 0.3 is 5.97 Å². The van der Waals surface area contributed by atoms with E-state index in [0.717, 1.165) is 0 Å². The summed E-state index contributed by atoms with van der Waals surface area (Å²) in [6.07, 6.45) is 1.25. The Labute approximate surface area is 160 Å². The first-order valence-corrected chi connectivity index (χ1v) is 10.4. The van der Waals surface area contributed by atoms with Crippen molar-refractivity contribution < 1.29 is 14.3 Å². The molecular weight excluding hydrogens is 376 g/mol. The minimum atomic E-state index is -0.488. The molecule has 3 rings (SSSR count). The third kappa shape index (κ3) is 5.03. The van der Waals surface area contributed by atoms with Crippen LogP contribution in [0.1, 0.15) is 37.3 Å². The number of esters is 1. The second kappa shape index (κ2) is 8.79. The van der Waals surface area contributed by atoms with Gasteiger partial charge in [0.05, 0.1) is 10.1 Å². The molecule has 1 saturated heterocycles. The maximum Gasteiger partial charge on any atom is 0.338 e. The first-order chi connectivity index (χ1) is 12.1. The van der Waals surface area contributed by atoms with Crippen LogP contribution in [0.15, 0.2) is 48.5 Å². The molecule has 0 amide bonds. The zero-order valence-corrected chi connectivity index (χ0v) is 15.8. The Morgan fingerprint density at radius 2 is 1.56 bits per heavy atom. The number of hydrogen-bond donors (Lipinski definition) is 0. The van der Waals surface area contributed by atoms with Crippen LogP contribution in [0, 0.1) is 0 Å². The predicted octanol–water partition coefficient (Wildman–Crippen LogP) is 5.25. The highest BCUT2D eigenvalue weighted by molar-refractivity contribution is 8.16. The Bertz CT molecular complexity index is 738. The van der Waals surface area contributed by atoms with E-state index < -0.39 is 5.97 Å². The Hall–Kier alpha value is -1.43. The number of rotatable bonds is 5. The van der Waals surface area contributed by atoms with Gasteiger partial charge in [-0.25, -0.2) is 4.79 Å². The summed E-state index contributed by atoms with van der Waals surface area (Å²) in [5.41, 5.74) is 2.14. The lowest BCUT2D eigenvalue weighted by atomic mass is 10.1. The summed E-state index contributed by atoms with van der Waals surface area (Å²) in [6, 6.07) is 14.0. The lowest BCUT2D eigenvalue weighted by molar-refractivity contribution is 0.0475. The zero-order chi connectivity index (χ0) is 17.6. The van der Waals surface area contributed by atoms with Gasteiger partial charge in [-0.15, -0.1) is 23.5 Å². The summed E-state index contributed by atoms with van der Waals surface area (Å²) < 4.78 is 5.56. The van der Waals surface area contributed by atoms with Gasteiger partial charge < -0.3 is 4.74 Å². The van der Waals surface area contributed by atoms with Crippen molar-refractivity contribution in [3.05, 3.63) is 70.2 Å². The number of carbonyl (C=O) groups is 2. The fourth-order valence-corrected chi connectivity index (χ4v) is 5.41. The number of benzene rings is 2. The molecule has 0 spiro atoms. The number of thioether (sulfide) groups is 2. The maximum atomic E-state index is 12.1. The summed E-state index contributed by atoms with van der Waals surface area (Å²) in [5.74, 6) is 1.61. The Kier molecular flexibility index (Phi) is 6.45. The molecule has 130 valence electrons. The fourth-order valence-electron chi connectivity index (χ4n) is 2.39. The van der Waals surface area contributed by atoms with Crippen LogP contribution in [0.25, 0.3) is 0 Å². The highest BCUT2D eigenvalue weighted by Crippen LogP contribution is 2.43. The molecule has 0 aliphatic carbocycles. The van der Waals surface area contributed by atoms with Crippen molar-refractivity contribution in [3.63, 3.8) is 0 Å². The van der Waals surface area contributed by atoms with E-state index in [4.69, 9.17) is 16.3 Å². The van der Waals surface area contributed by atoms with Crippen LogP contribution in [-0.2, 0) is 4.74 Å². The minimum Gasteiger partial charge on any atom is -0.454 e. The molecular formula is C19H17ClO3S2. The summed E-state index contributed by atoms with van der Waals surface area (Å²) in [7, 11) is 0. The SMILES string of the molecule is O=C(COC(=O)c1ccc(C2SCCCS2)cc1)c1ccc(Cl)cc1. The Balaban J connectivity index is 1.55. The molecule has 2 aromatic carbocycles. The van der Waals surface area contributed by atoms with E-state index in [1.165, 1.54) is 23.5 Å². The van der Waals surface area contributed by atoms with Gasteiger partial charge in [-0.3, -0.25) is 4.79 Å². The van der Waals surface area contributed by atoms with Crippen LogP contribution in [-0.4, -0.2) is 29.9 Å². The van der Waals surface area contributed by atoms with Crippen LogP contribution in [0.4, 0.5) is 0 Å². The fraction of sp³-hybridized carbons (Fsp3) is 0.263. The average molecular weight is 393 g/mol. The molecule has 0 atom stereocenters. The monoisotopic (exact) mass is 392 g/mol. The van der Waals surface area contributed by atoms with Gasteiger partial charge in [0.15, 0.2) is 12.4 Å². The van der Waals surface area contributed by atoms with Gasteiger partial charge in [-0.2, -0.15) is 0 Å². The zero-order valence-electron chi connectivity index (χ0n) is 13.4. The highest BCUT2D eigenvalue weighted by atomic mass is 35.5. The number of ether oxygens (including phenoxy) is 1. The molecule has 0 N–H and O–H groups in total. The standard InChI is InChI=1S/C19H17ClO3S2/c20-16-8-6-13(7-9-16)17(21)12-23-18(22)14-2-4-15(5-3-14)19-24-10-1-11-25-19/h2-9,19H,1,10-12H2. The van der Waals surface area contributed by atoms with Crippen molar-refractivity contribution in [3.8, 4) is 0 Å². The Morgan fingerprint density at radius 3 is 2.20 bits per heavy atom. The van der Waals surface area contributed by atoms with E-state index in [9.17, 15) is 9.59 Å². The first-order valence-electron chi connectivity index (χ1n) is 7.92. The third-order valence-corrected chi connectivity index (χ3v) is 7.01. The predicted molar refractivity (Wildman–Crippen MR) is 105 cm³/mol. The van der Waals surface area contributed by atoms with Crippen molar-refractivity contribution >= 4 is 46.9 Å². The van der Waals surface area contributed by atoms with Crippen LogP contribution in [0.3, 0.4) is 0 Å². The van der Waals surface area contributed by atoms with E-state index in [1.54, 1.807) is 36.4 Å². The molecule has 1 heterocycles. The quantitative estimate of drug-likeness (QED) is 0.513. The highest BCUT2D eigenvalue weighted by Gasteiger charge is 2.17. The molecule has 2 aromatic rings. The van der Waals surface area contributed by atoms with Crippen molar-refractivity contribution in [1.82, 2.24) is 0 Å². The van der Waals surface area contributed by atoms with Crippen molar-refractivity contribution in [1.29, 1.82) is 0 Å². The van der Waals surface area contributed by atoms with E-state index >= 15 is 0 Å². The normalized spacial score (nSPS) is 14.9. The molecule has 0 radical (unpaired) electrons. The molecule has 1 aliphatic rings. The molecule has 0 aromatic heterocycles. The second-order valence-electron chi connectivity index (χ2n) is 5.56. The smallest absolute Gasteiger partial charge is 0.338 e. The van der Waals surface area contributed by atoms with E-state index in [-0.39, 0.29) is 12.4 Å². The maximum absolute atomic E-state index is 12.1. The summed E-state index contributed by atoms with van der Waals surface area (Å²) in [4.78, 5) is 24.1. The van der Waals surface area contributed by atoms with Gasteiger partial charge in [-0.05, 0) is 59.9 Å². The molecule has 6 heteroatoms. The molecule has 3 nitrogen and oxygen atoms in total. The number of halogens is 1. The number of hydrogen-bond acceptors (Lipinski definition) is 5. The second-order valence-corrected chi connectivity index (χ2v) is 8.72. The first kappa shape index (κ1) is 18.4. The van der Waals surface area contributed by atoms with Crippen molar-refractivity contribution in [2.75, 3.05) is 18.1 Å². The van der Waals surface area contributed by atoms with Gasteiger partial charge in [0, 0.05) is 10.6 Å². The van der Waals surface area contributed by atoms with Crippen LogP contribution >= 0.6 is 35.1 Å².